The van der Waals surface area contributed by atoms with Crippen LogP contribution >= 0.6 is 11.6 Å². The first-order valence-corrected chi connectivity index (χ1v) is 10.5. The molecule has 2 N–H and O–H groups in total. The number of benzene rings is 1. The van der Waals surface area contributed by atoms with Gasteiger partial charge >= 0.3 is 0 Å². The molecule has 1 saturated heterocycles. The van der Waals surface area contributed by atoms with E-state index >= 15 is 0 Å². The predicted molar refractivity (Wildman–Crippen MR) is 121 cm³/mol. The van der Waals surface area contributed by atoms with Crippen molar-refractivity contribution in [3.05, 3.63) is 75.6 Å². The van der Waals surface area contributed by atoms with E-state index in [0.29, 0.717) is 40.0 Å². The highest BCUT2D eigenvalue weighted by Crippen LogP contribution is 2.40. The maximum atomic E-state index is 13.6. The molecule has 0 radical (unpaired) electrons. The minimum Gasteiger partial charge on any atom is -0.368 e. The van der Waals surface area contributed by atoms with Crippen molar-refractivity contribution >= 4 is 28.9 Å². The summed E-state index contributed by atoms with van der Waals surface area (Å²) in [6, 6.07) is 12.8. The van der Waals surface area contributed by atoms with Crippen LogP contribution in [0.4, 0.5) is 11.8 Å². The lowest BCUT2D eigenvalue weighted by molar-refractivity contribution is 0.484. The number of nitriles is 1. The minimum atomic E-state index is -0.324. The van der Waals surface area contributed by atoms with Crippen molar-refractivity contribution in [3.63, 3.8) is 0 Å². The summed E-state index contributed by atoms with van der Waals surface area (Å²) in [5.74, 6) is 1.18. The Kier molecular flexibility index (Phi) is 4.79. The van der Waals surface area contributed by atoms with Gasteiger partial charge in [0, 0.05) is 12.7 Å². The molecule has 2 unspecified atom stereocenters. The number of nitrogens with zero attached hydrogens (tertiary/aromatic N) is 7. The van der Waals surface area contributed by atoms with Gasteiger partial charge in [0.2, 0.25) is 5.95 Å². The fraction of sp³-hybridized carbons (Fsp3) is 0.227. The summed E-state index contributed by atoms with van der Waals surface area (Å²) in [4.78, 5) is 23.9. The molecule has 4 heterocycles. The Labute approximate surface area is 188 Å². The number of aromatic nitrogens is 5. The molecule has 4 aromatic rings. The molecule has 1 aliphatic rings. The molecule has 0 bridgehead atoms. The van der Waals surface area contributed by atoms with Gasteiger partial charge in [-0.05, 0) is 30.5 Å². The number of anilines is 2. The molecule has 0 amide bonds. The molecule has 0 saturated carbocycles. The largest absolute Gasteiger partial charge is 0.368 e. The third kappa shape index (κ3) is 3.08. The molecular formula is C22H19ClN8O. The average Bonchev–Trinajstić information content (AvgIpc) is 3.36. The lowest BCUT2D eigenvalue weighted by atomic mass is 10.0. The second-order valence-corrected chi connectivity index (χ2v) is 8.18. The van der Waals surface area contributed by atoms with Crippen molar-refractivity contribution < 1.29 is 0 Å². The predicted octanol–water partition coefficient (Wildman–Crippen LogP) is 2.97. The van der Waals surface area contributed by atoms with Crippen molar-refractivity contribution in [2.24, 2.45) is 5.92 Å². The van der Waals surface area contributed by atoms with Gasteiger partial charge in [-0.1, -0.05) is 36.7 Å². The third-order valence-electron chi connectivity index (χ3n) is 5.82. The normalized spacial score (nSPS) is 18.2. The van der Waals surface area contributed by atoms with Crippen molar-refractivity contribution in [1.29, 1.82) is 5.26 Å². The van der Waals surface area contributed by atoms with Crippen LogP contribution in [0, 0.1) is 17.2 Å². The zero-order chi connectivity index (χ0) is 22.4. The minimum absolute atomic E-state index is 0.0818. The lowest BCUT2D eigenvalue weighted by Crippen LogP contribution is -2.35. The Morgan fingerprint density at radius 3 is 2.78 bits per heavy atom. The maximum absolute atomic E-state index is 13.6. The van der Waals surface area contributed by atoms with Gasteiger partial charge in [0.05, 0.1) is 22.9 Å². The zero-order valence-electron chi connectivity index (χ0n) is 17.2. The van der Waals surface area contributed by atoms with Gasteiger partial charge in [0.25, 0.3) is 5.56 Å². The van der Waals surface area contributed by atoms with Gasteiger partial charge in [-0.15, -0.1) is 0 Å². The Balaban J connectivity index is 1.79. The van der Waals surface area contributed by atoms with Crippen LogP contribution < -0.4 is 16.2 Å². The first kappa shape index (κ1) is 20.0. The van der Waals surface area contributed by atoms with Crippen LogP contribution in [0.3, 0.4) is 0 Å². The molecule has 160 valence electrons. The fourth-order valence-corrected chi connectivity index (χ4v) is 4.55. The Morgan fingerprint density at radius 1 is 1.25 bits per heavy atom. The standard InChI is InChI=1S/C22H19ClN8O/c1-13-7-9-29(19-14(11-24)12-26-22(25)27-19)17(13)20-28-30-10-8-16(23)18(30)21(32)31(20)15-5-3-2-4-6-15/h2-6,8,10,12-13,17H,7,9H2,1H3,(H2,25,26,27). The first-order valence-electron chi connectivity index (χ1n) is 10.1. The van der Waals surface area contributed by atoms with Gasteiger partial charge < -0.3 is 10.6 Å². The van der Waals surface area contributed by atoms with Crippen LogP contribution in [0.5, 0.6) is 0 Å². The molecule has 32 heavy (non-hydrogen) atoms. The number of nitrogens with two attached hydrogens (primary N) is 1. The number of para-hydroxylation sites is 1. The highest BCUT2D eigenvalue weighted by Gasteiger charge is 2.38. The van der Waals surface area contributed by atoms with Crippen molar-refractivity contribution in [1.82, 2.24) is 24.1 Å². The van der Waals surface area contributed by atoms with Crippen LogP contribution in [0.2, 0.25) is 5.02 Å². The summed E-state index contributed by atoms with van der Waals surface area (Å²) in [7, 11) is 0. The monoisotopic (exact) mass is 446 g/mol. The van der Waals surface area contributed by atoms with E-state index in [4.69, 9.17) is 22.4 Å². The molecule has 1 aromatic carbocycles. The van der Waals surface area contributed by atoms with Crippen molar-refractivity contribution in [3.8, 4) is 11.8 Å². The summed E-state index contributed by atoms with van der Waals surface area (Å²) in [6.45, 7) is 2.72. The molecule has 0 spiro atoms. The number of hydrogen-bond donors (Lipinski definition) is 1. The zero-order valence-corrected chi connectivity index (χ0v) is 17.9. The summed E-state index contributed by atoms with van der Waals surface area (Å²) in [6.07, 6.45) is 3.92. The third-order valence-corrected chi connectivity index (χ3v) is 6.13. The lowest BCUT2D eigenvalue weighted by Gasteiger charge is -2.29. The Morgan fingerprint density at radius 2 is 2.03 bits per heavy atom. The molecular weight excluding hydrogens is 428 g/mol. The van der Waals surface area contributed by atoms with Crippen LogP contribution in [-0.4, -0.2) is 30.7 Å². The highest BCUT2D eigenvalue weighted by atomic mass is 35.5. The SMILES string of the molecule is CC1CCN(c2nc(N)ncc2C#N)C1c1nn2ccc(Cl)c2c(=O)n1-c1ccccc1. The van der Waals surface area contributed by atoms with E-state index in [1.165, 1.54) is 10.7 Å². The molecule has 1 aliphatic heterocycles. The van der Waals surface area contributed by atoms with E-state index < -0.39 is 0 Å². The second kappa shape index (κ2) is 7.66. The molecule has 0 aliphatic carbocycles. The molecule has 2 atom stereocenters. The van der Waals surface area contributed by atoms with Gasteiger partial charge in [-0.2, -0.15) is 15.3 Å². The van der Waals surface area contributed by atoms with Crippen LogP contribution in [0.25, 0.3) is 11.2 Å². The molecule has 3 aromatic heterocycles. The number of nitrogen functional groups attached to an aromatic ring is 1. The highest BCUT2D eigenvalue weighted by molar-refractivity contribution is 6.33. The van der Waals surface area contributed by atoms with E-state index in [-0.39, 0.29) is 23.5 Å². The molecule has 9 nitrogen and oxygen atoms in total. The van der Waals surface area contributed by atoms with E-state index in [1.807, 2.05) is 35.2 Å². The van der Waals surface area contributed by atoms with Crippen LogP contribution in [0.1, 0.15) is 30.8 Å². The number of fused-ring (bicyclic) bond motifs is 1. The van der Waals surface area contributed by atoms with Gasteiger partial charge in [-0.25, -0.2) is 9.50 Å². The van der Waals surface area contributed by atoms with Gasteiger partial charge in [0.15, 0.2) is 11.6 Å². The fourth-order valence-electron chi connectivity index (χ4n) is 4.33. The molecule has 10 heteroatoms. The van der Waals surface area contributed by atoms with Crippen molar-refractivity contribution in [2.75, 3.05) is 17.2 Å². The smallest absolute Gasteiger partial charge is 0.284 e. The summed E-state index contributed by atoms with van der Waals surface area (Å²) in [5, 5.41) is 14.8. The van der Waals surface area contributed by atoms with Gasteiger partial charge in [-0.3, -0.25) is 9.36 Å². The van der Waals surface area contributed by atoms with Crippen LogP contribution in [-0.2, 0) is 0 Å². The quantitative estimate of drug-likeness (QED) is 0.513. The topological polar surface area (TPSA) is 118 Å². The average molecular weight is 447 g/mol. The Bertz CT molecular complexity index is 1420. The summed E-state index contributed by atoms with van der Waals surface area (Å²) >= 11 is 6.31. The summed E-state index contributed by atoms with van der Waals surface area (Å²) < 4.78 is 3.11. The second-order valence-electron chi connectivity index (χ2n) is 7.77. The summed E-state index contributed by atoms with van der Waals surface area (Å²) in [5.41, 5.74) is 6.88. The van der Waals surface area contributed by atoms with Crippen molar-refractivity contribution in [2.45, 2.75) is 19.4 Å². The Hall–Kier alpha value is -3.90. The maximum Gasteiger partial charge on any atom is 0.284 e. The van der Waals surface area contributed by atoms with E-state index in [2.05, 4.69) is 23.0 Å². The van der Waals surface area contributed by atoms with E-state index in [0.717, 1.165) is 6.42 Å². The molecule has 1 fully saturated rings. The number of halogens is 1. The first-order chi connectivity index (χ1) is 15.5. The van der Waals surface area contributed by atoms with E-state index in [9.17, 15) is 10.1 Å². The van der Waals surface area contributed by atoms with Gasteiger partial charge in [0.1, 0.15) is 17.1 Å². The molecule has 5 rings (SSSR count). The van der Waals surface area contributed by atoms with Crippen LogP contribution in [0.15, 0.2) is 53.6 Å². The number of hydrogen-bond acceptors (Lipinski definition) is 7. The number of rotatable bonds is 3. The van der Waals surface area contributed by atoms with E-state index in [1.54, 1.807) is 16.8 Å².